The highest BCUT2D eigenvalue weighted by atomic mass is 16.5. The van der Waals surface area contributed by atoms with Gasteiger partial charge in [0.15, 0.2) is 0 Å². The average Bonchev–Trinajstić information content (AvgIpc) is 3.55. The molecule has 0 saturated carbocycles. The standard InChI is InChI=1S/C26H28N4O4/c1-33-22-10-4-19(5-11-22)23-17-24(25-3-2-16-34-25)30(27-23)26(32)18-28-12-14-29(15-13-28)20-6-8-21(31)9-7-20/h2-11,16,24,31H,12-15,17-18H2,1H3. The van der Waals surface area contributed by atoms with Gasteiger partial charge in [0, 0.05) is 38.3 Å². The Morgan fingerprint density at radius 3 is 2.44 bits per heavy atom. The van der Waals surface area contributed by atoms with Crippen LogP contribution < -0.4 is 9.64 Å². The van der Waals surface area contributed by atoms with Gasteiger partial charge in [-0.2, -0.15) is 5.10 Å². The Bertz CT molecular complexity index is 1130. The van der Waals surface area contributed by atoms with Crippen LogP contribution in [0.5, 0.6) is 11.5 Å². The molecule has 1 amide bonds. The molecule has 0 radical (unpaired) electrons. The summed E-state index contributed by atoms with van der Waals surface area (Å²) in [5, 5.41) is 15.8. The maximum absolute atomic E-state index is 13.4. The van der Waals surface area contributed by atoms with Gasteiger partial charge in [0.2, 0.25) is 0 Å². The highest BCUT2D eigenvalue weighted by Crippen LogP contribution is 2.33. The Morgan fingerprint density at radius 1 is 1.06 bits per heavy atom. The second-order valence-electron chi connectivity index (χ2n) is 8.53. The lowest BCUT2D eigenvalue weighted by atomic mass is 10.0. The van der Waals surface area contributed by atoms with Gasteiger partial charge < -0.3 is 19.2 Å². The summed E-state index contributed by atoms with van der Waals surface area (Å²) in [6.45, 7) is 3.50. The fraction of sp³-hybridized carbons (Fsp3) is 0.308. The molecule has 1 N–H and O–H groups in total. The zero-order valence-corrected chi connectivity index (χ0v) is 19.1. The van der Waals surface area contributed by atoms with Crippen LogP contribution in [0, 0.1) is 0 Å². The number of ether oxygens (including phenoxy) is 1. The minimum absolute atomic E-state index is 0.0389. The fourth-order valence-electron chi connectivity index (χ4n) is 4.49. The normalized spacial score (nSPS) is 18.7. The molecule has 3 heterocycles. The molecule has 1 aromatic heterocycles. The van der Waals surface area contributed by atoms with Crippen LogP contribution in [0.4, 0.5) is 5.69 Å². The maximum atomic E-state index is 13.4. The van der Waals surface area contributed by atoms with Crippen LogP contribution in [0.1, 0.15) is 23.8 Å². The van der Waals surface area contributed by atoms with Crippen LogP contribution in [0.15, 0.2) is 76.4 Å². The van der Waals surface area contributed by atoms with E-state index in [0.29, 0.717) is 13.0 Å². The molecule has 1 unspecified atom stereocenters. The highest BCUT2D eigenvalue weighted by Gasteiger charge is 2.35. The third-order valence-corrected chi connectivity index (χ3v) is 6.41. The zero-order valence-electron chi connectivity index (χ0n) is 19.1. The minimum Gasteiger partial charge on any atom is -0.508 e. The maximum Gasteiger partial charge on any atom is 0.257 e. The number of carbonyl (C=O) groups excluding carboxylic acids is 1. The molecule has 34 heavy (non-hydrogen) atoms. The van der Waals surface area contributed by atoms with Crippen molar-refractivity contribution in [1.82, 2.24) is 9.91 Å². The van der Waals surface area contributed by atoms with Gasteiger partial charge >= 0.3 is 0 Å². The van der Waals surface area contributed by atoms with E-state index < -0.39 is 0 Å². The van der Waals surface area contributed by atoms with E-state index in [1.54, 1.807) is 30.5 Å². The summed E-state index contributed by atoms with van der Waals surface area (Å²) in [6.07, 6.45) is 2.23. The van der Waals surface area contributed by atoms with E-state index in [-0.39, 0.29) is 17.7 Å². The van der Waals surface area contributed by atoms with Crippen molar-refractivity contribution in [1.29, 1.82) is 0 Å². The number of amides is 1. The molecule has 1 saturated heterocycles. The van der Waals surface area contributed by atoms with Crippen LogP contribution in [-0.2, 0) is 4.79 Å². The number of phenolic OH excluding ortho intramolecular Hbond substituents is 1. The number of benzene rings is 2. The SMILES string of the molecule is COc1ccc(C2=NN(C(=O)CN3CCN(c4ccc(O)cc4)CC3)C(c3ccco3)C2)cc1. The summed E-state index contributed by atoms with van der Waals surface area (Å²) in [7, 11) is 1.64. The Hall–Kier alpha value is -3.78. The van der Waals surface area contributed by atoms with Gasteiger partial charge in [-0.25, -0.2) is 5.01 Å². The third kappa shape index (κ3) is 4.63. The van der Waals surface area contributed by atoms with Crippen molar-refractivity contribution < 1.29 is 19.1 Å². The molecule has 1 atom stereocenters. The van der Waals surface area contributed by atoms with Crippen molar-refractivity contribution in [3.63, 3.8) is 0 Å². The Balaban J connectivity index is 1.26. The molecular weight excluding hydrogens is 432 g/mol. The van der Waals surface area contributed by atoms with Crippen molar-refractivity contribution in [2.45, 2.75) is 12.5 Å². The summed E-state index contributed by atoms with van der Waals surface area (Å²) < 4.78 is 10.9. The van der Waals surface area contributed by atoms with Gasteiger partial charge in [0.25, 0.3) is 5.91 Å². The predicted molar refractivity (Wildman–Crippen MR) is 129 cm³/mol. The van der Waals surface area contributed by atoms with Crippen LogP contribution in [0.3, 0.4) is 0 Å². The summed E-state index contributed by atoms with van der Waals surface area (Å²) >= 11 is 0. The Labute approximate surface area is 198 Å². The van der Waals surface area contributed by atoms with Crippen LogP contribution in [0.2, 0.25) is 0 Å². The summed E-state index contributed by atoms with van der Waals surface area (Å²) in [4.78, 5) is 17.8. The summed E-state index contributed by atoms with van der Waals surface area (Å²) in [5.41, 5.74) is 2.90. The molecule has 1 fully saturated rings. The summed E-state index contributed by atoms with van der Waals surface area (Å²) in [5.74, 6) is 1.74. The van der Waals surface area contributed by atoms with Crippen molar-refractivity contribution in [3.05, 3.63) is 78.3 Å². The first-order chi connectivity index (χ1) is 16.6. The van der Waals surface area contributed by atoms with Crippen LogP contribution in [-0.4, -0.2) is 66.5 Å². The number of nitrogens with zero attached hydrogens (tertiary/aromatic N) is 4. The second kappa shape index (κ2) is 9.61. The van der Waals surface area contributed by atoms with E-state index in [9.17, 15) is 9.90 Å². The highest BCUT2D eigenvalue weighted by molar-refractivity contribution is 6.03. The summed E-state index contributed by atoms with van der Waals surface area (Å²) in [6, 6.07) is 18.5. The van der Waals surface area contributed by atoms with Gasteiger partial charge in [-0.05, 0) is 66.2 Å². The van der Waals surface area contributed by atoms with E-state index >= 15 is 0 Å². The lowest BCUT2D eigenvalue weighted by Crippen LogP contribution is -2.49. The van der Waals surface area contributed by atoms with Crippen LogP contribution in [0.25, 0.3) is 0 Å². The Morgan fingerprint density at radius 2 is 1.79 bits per heavy atom. The van der Waals surface area contributed by atoms with E-state index in [2.05, 4.69) is 9.80 Å². The number of hydrazone groups is 1. The zero-order chi connectivity index (χ0) is 23.5. The van der Waals surface area contributed by atoms with E-state index in [0.717, 1.165) is 54.7 Å². The first-order valence-electron chi connectivity index (χ1n) is 11.4. The number of phenols is 1. The number of furan rings is 1. The molecule has 8 nitrogen and oxygen atoms in total. The largest absolute Gasteiger partial charge is 0.508 e. The molecule has 0 spiro atoms. The minimum atomic E-state index is -0.252. The molecule has 176 valence electrons. The second-order valence-corrected chi connectivity index (χ2v) is 8.53. The first-order valence-corrected chi connectivity index (χ1v) is 11.4. The number of anilines is 1. The van der Waals surface area contributed by atoms with E-state index in [1.165, 1.54) is 0 Å². The number of hydrogen-bond donors (Lipinski definition) is 1. The van der Waals surface area contributed by atoms with Gasteiger partial charge in [0.05, 0.1) is 25.6 Å². The quantitative estimate of drug-likeness (QED) is 0.607. The topological polar surface area (TPSA) is 81.8 Å². The number of rotatable bonds is 6. The molecular formula is C26H28N4O4. The van der Waals surface area contributed by atoms with Crippen molar-refractivity contribution >= 4 is 17.3 Å². The number of aromatic hydroxyl groups is 1. The predicted octanol–water partition coefficient (Wildman–Crippen LogP) is 3.49. The first kappa shape index (κ1) is 22.0. The lowest BCUT2D eigenvalue weighted by molar-refractivity contribution is -0.134. The monoisotopic (exact) mass is 460 g/mol. The van der Waals surface area contributed by atoms with Crippen LogP contribution >= 0.6 is 0 Å². The molecule has 2 aromatic carbocycles. The molecule has 2 aliphatic rings. The van der Waals surface area contributed by atoms with Crippen molar-refractivity contribution in [3.8, 4) is 11.5 Å². The smallest absolute Gasteiger partial charge is 0.257 e. The van der Waals surface area contributed by atoms with Gasteiger partial charge in [0.1, 0.15) is 23.3 Å². The number of hydrogen-bond acceptors (Lipinski definition) is 7. The molecule has 5 rings (SSSR count). The molecule has 8 heteroatoms. The van der Waals surface area contributed by atoms with E-state index in [1.807, 2.05) is 48.5 Å². The van der Waals surface area contributed by atoms with Gasteiger partial charge in [-0.15, -0.1) is 0 Å². The van der Waals surface area contributed by atoms with Gasteiger partial charge in [-0.3, -0.25) is 9.69 Å². The van der Waals surface area contributed by atoms with Gasteiger partial charge in [-0.1, -0.05) is 0 Å². The molecule has 0 bridgehead atoms. The van der Waals surface area contributed by atoms with E-state index in [4.69, 9.17) is 14.3 Å². The molecule has 3 aromatic rings. The number of carbonyl (C=O) groups is 1. The van der Waals surface area contributed by atoms with Crippen molar-refractivity contribution in [2.75, 3.05) is 44.7 Å². The van der Waals surface area contributed by atoms with Crippen molar-refractivity contribution in [2.24, 2.45) is 5.10 Å². The molecule has 0 aliphatic carbocycles. The number of methoxy groups -OCH3 is 1. The Kier molecular flexibility index (Phi) is 6.22. The molecule has 2 aliphatic heterocycles. The lowest BCUT2D eigenvalue weighted by Gasteiger charge is -2.36. The number of piperazine rings is 1. The fourth-order valence-corrected chi connectivity index (χ4v) is 4.49. The third-order valence-electron chi connectivity index (χ3n) is 6.41. The average molecular weight is 461 g/mol.